The van der Waals surface area contributed by atoms with E-state index in [1.54, 1.807) is 26.0 Å². The molecular weight excluding hydrogens is 240 g/mol. The van der Waals surface area contributed by atoms with E-state index in [1.807, 2.05) is 20.8 Å². The summed E-state index contributed by atoms with van der Waals surface area (Å²) in [6.45, 7) is 9.64. The molecule has 0 radical (unpaired) electrons. The van der Waals surface area contributed by atoms with Crippen molar-refractivity contribution in [3.63, 3.8) is 0 Å². The molecule has 0 saturated carbocycles. The van der Waals surface area contributed by atoms with E-state index in [2.05, 4.69) is 17.8 Å². The molecule has 0 aromatic carbocycles. The summed E-state index contributed by atoms with van der Waals surface area (Å²) in [6, 6.07) is 0. The normalized spacial score (nSPS) is 11.6. The van der Waals surface area contributed by atoms with Gasteiger partial charge < -0.3 is 9.47 Å². The quantitative estimate of drug-likeness (QED) is 0.444. The molecule has 3 nitrogen and oxygen atoms in total. The monoisotopic (exact) mass is 262 g/mol. The third kappa shape index (κ3) is 8.94. The molecule has 0 N–H and O–H groups in total. The minimum absolute atomic E-state index is 0.270. The van der Waals surface area contributed by atoms with Crippen molar-refractivity contribution < 1.29 is 14.3 Å². The van der Waals surface area contributed by atoms with Crippen molar-refractivity contribution >= 4 is 5.97 Å². The van der Waals surface area contributed by atoms with Gasteiger partial charge in [-0.15, -0.1) is 6.42 Å². The van der Waals surface area contributed by atoms with Gasteiger partial charge in [-0.25, -0.2) is 0 Å². The average Bonchev–Trinajstić information content (AvgIpc) is 2.26. The maximum Gasteiger partial charge on any atom is 0.312 e. The van der Waals surface area contributed by atoms with Crippen LogP contribution in [0.15, 0.2) is 12.2 Å². The van der Waals surface area contributed by atoms with Gasteiger partial charge >= 0.3 is 5.97 Å². The van der Waals surface area contributed by atoms with Crippen molar-refractivity contribution in [2.24, 2.45) is 5.41 Å². The number of carbonyl (C=O) groups is 1. The third-order valence-electron chi connectivity index (χ3n) is 1.93. The second-order valence-electron chi connectivity index (χ2n) is 5.54. The zero-order valence-electron chi connectivity index (χ0n) is 12.4. The lowest BCUT2D eigenvalue weighted by Gasteiger charge is -2.24. The first-order chi connectivity index (χ1) is 8.69. The van der Waals surface area contributed by atoms with E-state index in [0.29, 0.717) is 6.61 Å². The molecule has 0 aliphatic carbocycles. The van der Waals surface area contributed by atoms with E-state index in [4.69, 9.17) is 15.9 Å². The molecule has 3 heteroatoms. The number of allylic oxidation sites excluding steroid dienone is 1. The summed E-state index contributed by atoms with van der Waals surface area (Å²) in [5.74, 6) is 7.80. The van der Waals surface area contributed by atoms with Crippen molar-refractivity contribution in [1.82, 2.24) is 0 Å². The van der Waals surface area contributed by atoms with Crippen molar-refractivity contribution in [2.75, 3.05) is 13.2 Å². The summed E-state index contributed by atoms with van der Waals surface area (Å²) in [6.07, 6.45) is 8.44. The second kappa shape index (κ2) is 7.67. The Balaban J connectivity index is 4.31. The van der Waals surface area contributed by atoms with Crippen LogP contribution < -0.4 is 0 Å². The zero-order valence-corrected chi connectivity index (χ0v) is 12.4. The summed E-state index contributed by atoms with van der Waals surface area (Å²) in [5, 5.41) is 0. The summed E-state index contributed by atoms with van der Waals surface area (Å²) < 4.78 is 10.4. The van der Waals surface area contributed by atoms with Crippen LogP contribution >= 0.6 is 0 Å². The van der Waals surface area contributed by atoms with E-state index in [9.17, 15) is 4.79 Å². The SMILES string of the molecule is C#CCOC/C=C/C#CC(C)(C)OC(=O)C(C)(C)C. The van der Waals surface area contributed by atoms with Gasteiger partial charge in [0.05, 0.1) is 12.0 Å². The minimum Gasteiger partial charge on any atom is -0.446 e. The summed E-state index contributed by atoms with van der Waals surface area (Å²) >= 11 is 0. The number of esters is 1. The molecule has 0 amide bonds. The van der Waals surface area contributed by atoms with Crippen molar-refractivity contribution in [1.29, 1.82) is 0 Å². The van der Waals surface area contributed by atoms with Gasteiger partial charge in [-0.1, -0.05) is 23.8 Å². The number of carbonyl (C=O) groups excluding carboxylic acids is 1. The van der Waals surface area contributed by atoms with Gasteiger partial charge in [0.2, 0.25) is 0 Å². The Kier molecular flexibility index (Phi) is 6.98. The summed E-state index contributed by atoms with van der Waals surface area (Å²) in [5.41, 5.74) is -1.34. The first-order valence-electron chi connectivity index (χ1n) is 6.11. The van der Waals surface area contributed by atoms with Crippen LogP contribution in [0.5, 0.6) is 0 Å². The highest BCUT2D eigenvalue weighted by molar-refractivity contribution is 5.76. The Bertz CT molecular complexity index is 420. The molecule has 0 fully saturated rings. The van der Waals surface area contributed by atoms with Crippen LogP contribution in [0.4, 0.5) is 0 Å². The number of rotatable bonds is 4. The largest absolute Gasteiger partial charge is 0.446 e. The Morgan fingerprint density at radius 1 is 1.26 bits per heavy atom. The van der Waals surface area contributed by atoms with Crippen LogP contribution in [-0.2, 0) is 14.3 Å². The molecule has 0 spiro atoms. The highest BCUT2D eigenvalue weighted by atomic mass is 16.6. The molecule has 0 unspecified atom stereocenters. The molecule has 19 heavy (non-hydrogen) atoms. The fourth-order valence-corrected chi connectivity index (χ4v) is 0.919. The topological polar surface area (TPSA) is 35.5 Å². The zero-order chi connectivity index (χ0) is 14.9. The molecule has 0 aromatic rings. The first kappa shape index (κ1) is 17.3. The molecule has 0 bridgehead atoms. The van der Waals surface area contributed by atoms with Crippen molar-refractivity contribution in [3.05, 3.63) is 12.2 Å². The predicted molar refractivity (Wildman–Crippen MR) is 76.2 cm³/mol. The van der Waals surface area contributed by atoms with Gasteiger partial charge in [-0.3, -0.25) is 4.79 Å². The lowest BCUT2D eigenvalue weighted by molar-refractivity contribution is -0.161. The van der Waals surface area contributed by atoms with Crippen molar-refractivity contribution in [2.45, 2.75) is 40.2 Å². The van der Waals surface area contributed by atoms with Crippen LogP contribution in [0.1, 0.15) is 34.6 Å². The Morgan fingerprint density at radius 3 is 2.42 bits per heavy atom. The van der Waals surface area contributed by atoms with Crippen LogP contribution in [0.2, 0.25) is 0 Å². The minimum atomic E-state index is -0.811. The number of ether oxygens (including phenoxy) is 2. The van der Waals surface area contributed by atoms with Gasteiger partial charge in [0, 0.05) is 0 Å². The highest BCUT2D eigenvalue weighted by Crippen LogP contribution is 2.20. The second-order valence-corrected chi connectivity index (χ2v) is 5.54. The van der Waals surface area contributed by atoms with E-state index < -0.39 is 11.0 Å². The smallest absolute Gasteiger partial charge is 0.312 e. The third-order valence-corrected chi connectivity index (χ3v) is 1.93. The Morgan fingerprint density at radius 2 is 1.89 bits per heavy atom. The van der Waals surface area contributed by atoms with Crippen LogP contribution in [0, 0.1) is 29.6 Å². The number of hydrogen-bond donors (Lipinski definition) is 0. The molecule has 0 aromatic heterocycles. The molecule has 0 aliphatic rings. The Hall–Kier alpha value is -1.71. The molecule has 104 valence electrons. The van der Waals surface area contributed by atoms with E-state index in [0.717, 1.165) is 0 Å². The van der Waals surface area contributed by atoms with E-state index >= 15 is 0 Å². The summed E-state index contributed by atoms with van der Waals surface area (Å²) in [7, 11) is 0. The van der Waals surface area contributed by atoms with Crippen LogP contribution in [-0.4, -0.2) is 24.8 Å². The molecule has 0 rings (SSSR count). The van der Waals surface area contributed by atoms with Gasteiger partial charge in [0.15, 0.2) is 5.60 Å². The van der Waals surface area contributed by atoms with Crippen LogP contribution in [0.3, 0.4) is 0 Å². The van der Waals surface area contributed by atoms with Gasteiger partial charge in [0.25, 0.3) is 0 Å². The standard InChI is InChI=1S/C16H22O3/c1-7-12-18-13-10-8-9-11-16(5,6)19-14(17)15(2,3)4/h1,8,10H,12-13H2,2-6H3/b10-8+. The van der Waals surface area contributed by atoms with Gasteiger partial charge in [-0.2, -0.15) is 0 Å². The molecule has 0 aliphatic heterocycles. The fourth-order valence-electron chi connectivity index (χ4n) is 0.919. The fraction of sp³-hybridized carbons (Fsp3) is 0.562. The predicted octanol–water partition coefficient (Wildman–Crippen LogP) is 2.56. The molecule has 0 atom stereocenters. The van der Waals surface area contributed by atoms with Gasteiger partial charge in [-0.05, 0) is 40.7 Å². The van der Waals surface area contributed by atoms with Crippen LogP contribution in [0.25, 0.3) is 0 Å². The lowest BCUT2D eigenvalue weighted by atomic mass is 9.97. The maximum atomic E-state index is 11.7. The molecule has 0 heterocycles. The lowest BCUT2D eigenvalue weighted by Crippen LogP contribution is -2.33. The Labute approximate surface area is 116 Å². The number of hydrogen-bond acceptors (Lipinski definition) is 3. The molecular formula is C16H22O3. The van der Waals surface area contributed by atoms with Crippen molar-refractivity contribution in [3.8, 4) is 24.2 Å². The van der Waals surface area contributed by atoms with Gasteiger partial charge in [0.1, 0.15) is 6.61 Å². The molecule has 0 saturated heterocycles. The number of terminal acetylenes is 1. The van der Waals surface area contributed by atoms with E-state index in [1.165, 1.54) is 0 Å². The summed E-state index contributed by atoms with van der Waals surface area (Å²) in [4.78, 5) is 11.7. The maximum absolute atomic E-state index is 11.7. The average molecular weight is 262 g/mol. The highest BCUT2D eigenvalue weighted by Gasteiger charge is 2.29. The van der Waals surface area contributed by atoms with E-state index in [-0.39, 0.29) is 12.6 Å². The first-order valence-corrected chi connectivity index (χ1v) is 6.11.